The Morgan fingerprint density at radius 3 is 2.60 bits per heavy atom. The highest BCUT2D eigenvalue weighted by Crippen LogP contribution is 2.37. The number of halogens is 2. The van der Waals surface area contributed by atoms with Crippen LogP contribution in [0.15, 0.2) is 65.1 Å². The highest BCUT2D eigenvalue weighted by molar-refractivity contribution is 9.10. The lowest BCUT2D eigenvalue weighted by Crippen LogP contribution is -2.14. The molecule has 0 saturated carbocycles. The average molecular weight is 470 g/mol. The number of H-pyrrole nitrogens is 1. The molecule has 4 rings (SSSR count). The Morgan fingerprint density at radius 2 is 1.83 bits per heavy atom. The Hall–Kier alpha value is -2.90. The van der Waals surface area contributed by atoms with Crippen LogP contribution in [-0.2, 0) is 19.7 Å². The fraction of sp³-hybridized carbons (Fsp3) is 0.174. The number of benzene rings is 3. The van der Waals surface area contributed by atoms with Crippen LogP contribution in [0.2, 0.25) is 0 Å². The molecule has 0 saturated heterocycles. The molecule has 0 aliphatic heterocycles. The number of ether oxygens (including phenoxy) is 2. The molecule has 30 heavy (non-hydrogen) atoms. The molecule has 0 fully saturated rings. The van der Waals surface area contributed by atoms with Crippen LogP contribution in [0.5, 0.6) is 11.5 Å². The average Bonchev–Trinajstić information content (AvgIpc) is 3.16. The molecule has 5 nitrogen and oxygen atoms in total. The molecular formula is C23H21BrFN3O2. The van der Waals surface area contributed by atoms with Crippen molar-refractivity contribution < 1.29 is 13.9 Å². The van der Waals surface area contributed by atoms with E-state index in [9.17, 15) is 4.39 Å². The van der Waals surface area contributed by atoms with E-state index < -0.39 is 0 Å². The number of hydrogen-bond acceptors (Lipinski definition) is 4. The van der Waals surface area contributed by atoms with Gasteiger partial charge in [0.15, 0.2) is 11.5 Å². The van der Waals surface area contributed by atoms with Crippen molar-refractivity contribution in [1.29, 1.82) is 0 Å². The quantitative estimate of drug-likeness (QED) is 0.365. The van der Waals surface area contributed by atoms with Crippen molar-refractivity contribution >= 4 is 27.0 Å². The first-order valence-electron chi connectivity index (χ1n) is 9.50. The zero-order valence-electron chi connectivity index (χ0n) is 16.4. The van der Waals surface area contributed by atoms with Gasteiger partial charge in [0.25, 0.3) is 0 Å². The largest absolute Gasteiger partial charge is 0.493 e. The van der Waals surface area contributed by atoms with Crippen LogP contribution in [0, 0.1) is 5.82 Å². The number of aromatic amines is 1. The molecule has 0 radical (unpaired) electrons. The van der Waals surface area contributed by atoms with Crippen molar-refractivity contribution in [3.63, 3.8) is 0 Å². The minimum atomic E-state index is -0.267. The summed E-state index contributed by atoms with van der Waals surface area (Å²) < 4.78 is 25.3. The van der Waals surface area contributed by atoms with Crippen LogP contribution in [-0.4, -0.2) is 17.1 Å². The second kappa shape index (κ2) is 9.28. The van der Waals surface area contributed by atoms with Gasteiger partial charge in [-0.05, 0) is 63.5 Å². The number of hydrogen-bond donors (Lipinski definition) is 2. The number of nitrogens with one attached hydrogen (secondary N) is 2. The van der Waals surface area contributed by atoms with E-state index in [1.54, 1.807) is 19.2 Å². The third-order valence-corrected chi connectivity index (χ3v) is 5.23. The normalized spacial score (nSPS) is 11.0. The highest BCUT2D eigenvalue weighted by atomic mass is 79.9. The first kappa shape index (κ1) is 20.4. The number of methoxy groups -OCH3 is 1. The van der Waals surface area contributed by atoms with Gasteiger partial charge in [0, 0.05) is 6.54 Å². The zero-order chi connectivity index (χ0) is 20.9. The Morgan fingerprint density at radius 1 is 1.03 bits per heavy atom. The monoisotopic (exact) mass is 469 g/mol. The lowest BCUT2D eigenvalue weighted by molar-refractivity contribution is 0.282. The summed E-state index contributed by atoms with van der Waals surface area (Å²) in [7, 11) is 1.61. The molecule has 0 atom stereocenters. The van der Waals surface area contributed by atoms with E-state index in [1.165, 1.54) is 12.1 Å². The summed E-state index contributed by atoms with van der Waals surface area (Å²) in [5.74, 6) is 1.87. The van der Waals surface area contributed by atoms with Gasteiger partial charge in [-0.1, -0.05) is 24.3 Å². The van der Waals surface area contributed by atoms with E-state index in [2.05, 4.69) is 31.2 Å². The van der Waals surface area contributed by atoms with E-state index in [0.29, 0.717) is 31.2 Å². The van der Waals surface area contributed by atoms with Crippen molar-refractivity contribution in [1.82, 2.24) is 15.3 Å². The van der Waals surface area contributed by atoms with E-state index in [1.807, 2.05) is 36.4 Å². The van der Waals surface area contributed by atoms with Gasteiger partial charge in [-0.25, -0.2) is 9.37 Å². The van der Waals surface area contributed by atoms with Gasteiger partial charge >= 0.3 is 0 Å². The standard InChI is InChI=1S/C23H21BrFN3O2/c1-29-21-11-16(12-26-13-22-27-19-4-2-3-5-20(19)28-22)10-18(24)23(21)30-14-15-6-8-17(25)9-7-15/h2-11,26H,12-14H2,1H3,(H,27,28). The molecule has 0 aliphatic carbocycles. The Balaban J connectivity index is 1.40. The Kier molecular flexibility index (Phi) is 6.30. The molecule has 0 spiro atoms. The minimum absolute atomic E-state index is 0.267. The Labute approximate surface area is 182 Å². The summed E-state index contributed by atoms with van der Waals surface area (Å²) in [6, 6.07) is 18.1. The van der Waals surface area contributed by atoms with Gasteiger partial charge in [0.05, 0.1) is 29.2 Å². The number of fused-ring (bicyclic) bond motifs is 1. The van der Waals surface area contributed by atoms with Crippen molar-refractivity contribution in [2.24, 2.45) is 0 Å². The third kappa shape index (κ3) is 4.80. The third-order valence-electron chi connectivity index (χ3n) is 4.65. The first-order chi connectivity index (χ1) is 14.6. The van der Waals surface area contributed by atoms with Crippen molar-refractivity contribution in [2.45, 2.75) is 19.7 Å². The smallest absolute Gasteiger partial charge is 0.175 e. The van der Waals surface area contributed by atoms with E-state index in [4.69, 9.17) is 9.47 Å². The second-order valence-electron chi connectivity index (χ2n) is 6.83. The van der Waals surface area contributed by atoms with Gasteiger partial charge < -0.3 is 19.8 Å². The van der Waals surface area contributed by atoms with Gasteiger partial charge in [0.1, 0.15) is 18.2 Å². The number of imidazole rings is 1. The molecule has 0 aliphatic rings. The summed E-state index contributed by atoms with van der Waals surface area (Å²) in [5.41, 5.74) is 3.91. The maximum Gasteiger partial charge on any atom is 0.175 e. The van der Waals surface area contributed by atoms with Crippen LogP contribution in [0.3, 0.4) is 0 Å². The molecule has 0 bridgehead atoms. The second-order valence-corrected chi connectivity index (χ2v) is 7.68. The molecule has 2 N–H and O–H groups in total. The maximum atomic E-state index is 13.1. The number of para-hydroxylation sites is 2. The van der Waals surface area contributed by atoms with Gasteiger partial charge in [-0.2, -0.15) is 0 Å². The topological polar surface area (TPSA) is 59.2 Å². The summed E-state index contributed by atoms with van der Waals surface area (Å²) in [6.45, 7) is 1.58. The molecule has 1 heterocycles. The predicted octanol–water partition coefficient (Wildman–Crippen LogP) is 5.34. The molecule has 3 aromatic carbocycles. The molecule has 154 valence electrons. The molecule has 1 aromatic heterocycles. The lowest BCUT2D eigenvalue weighted by atomic mass is 10.2. The lowest BCUT2D eigenvalue weighted by Gasteiger charge is -2.15. The Bertz CT molecular complexity index is 1110. The van der Waals surface area contributed by atoms with Crippen LogP contribution in [0.1, 0.15) is 17.0 Å². The predicted molar refractivity (Wildman–Crippen MR) is 118 cm³/mol. The maximum absolute atomic E-state index is 13.1. The number of nitrogens with zero attached hydrogens (tertiary/aromatic N) is 1. The van der Waals surface area contributed by atoms with Crippen LogP contribution >= 0.6 is 15.9 Å². The zero-order valence-corrected chi connectivity index (χ0v) is 18.0. The fourth-order valence-electron chi connectivity index (χ4n) is 3.17. The van der Waals surface area contributed by atoms with Gasteiger partial charge in [-0.15, -0.1) is 0 Å². The minimum Gasteiger partial charge on any atom is -0.493 e. The summed E-state index contributed by atoms with van der Waals surface area (Å²) in [5, 5.41) is 3.39. The summed E-state index contributed by atoms with van der Waals surface area (Å²) in [6.07, 6.45) is 0. The first-order valence-corrected chi connectivity index (χ1v) is 10.3. The number of rotatable bonds is 8. The molecule has 4 aromatic rings. The van der Waals surface area contributed by atoms with Gasteiger partial charge in [-0.3, -0.25) is 0 Å². The molecular weight excluding hydrogens is 449 g/mol. The molecule has 0 amide bonds. The van der Waals surface area contributed by atoms with Crippen LogP contribution < -0.4 is 14.8 Å². The van der Waals surface area contributed by atoms with E-state index in [0.717, 1.165) is 32.5 Å². The van der Waals surface area contributed by atoms with Crippen LogP contribution in [0.25, 0.3) is 11.0 Å². The van der Waals surface area contributed by atoms with E-state index >= 15 is 0 Å². The highest BCUT2D eigenvalue weighted by Gasteiger charge is 2.12. The SMILES string of the molecule is COc1cc(CNCc2nc3ccccc3[nH]2)cc(Br)c1OCc1ccc(F)cc1. The fourth-order valence-corrected chi connectivity index (χ4v) is 3.77. The summed E-state index contributed by atoms with van der Waals surface area (Å²) >= 11 is 3.57. The number of aromatic nitrogens is 2. The van der Waals surface area contributed by atoms with Crippen LogP contribution in [0.4, 0.5) is 4.39 Å². The van der Waals surface area contributed by atoms with Gasteiger partial charge in [0.2, 0.25) is 0 Å². The summed E-state index contributed by atoms with van der Waals surface area (Å²) in [4.78, 5) is 7.88. The van der Waals surface area contributed by atoms with Crippen molar-refractivity contribution in [2.75, 3.05) is 7.11 Å². The molecule has 0 unspecified atom stereocenters. The van der Waals surface area contributed by atoms with Crippen molar-refractivity contribution in [3.8, 4) is 11.5 Å². The van der Waals surface area contributed by atoms with Crippen molar-refractivity contribution in [3.05, 3.63) is 87.9 Å². The molecule has 7 heteroatoms. The van der Waals surface area contributed by atoms with E-state index in [-0.39, 0.29) is 5.82 Å².